The summed E-state index contributed by atoms with van der Waals surface area (Å²) in [5.74, 6) is -2.56. The third kappa shape index (κ3) is 4.43. The fourth-order valence-electron chi connectivity index (χ4n) is 1.92. The average Bonchev–Trinajstić information content (AvgIpc) is 2.16. The van der Waals surface area contributed by atoms with E-state index in [4.69, 9.17) is 0 Å². The molecule has 94 valence electrons. The Morgan fingerprint density at radius 1 is 1.62 bits per heavy atom. The molecule has 0 aromatic rings. The molecule has 1 aliphatic rings. The van der Waals surface area contributed by atoms with Crippen molar-refractivity contribution in [3.05, 3.63) is 0 Å². The van der Waals surface area contributed by atoms with Gasteiger partial charge in [-0.05, 0) is 42.4 Å². The lowest BCUT2D eigenvalue weighted by molar-refractivity contribution is -0.112. The summed E-state index contributed by atoms with van der Waals surface area (Å²) < 4.78 is 26.0. The van der Waals surface area contributed by atoms with E-state index in [1.165, 1.54) is 0 Å². The van der Waals surface area contributed by atoms with Gasteiger partial charge in [0, 0.05) is 13.0 Å². The monoisotopic (exact) mass is 298 g/mol. The standard InChI is InChI=1S/C10H17BrF2N2O/c1-14-8(9(11)16)3-6-15-5-2-4-10(12,13)7-15/h8,14H,2-7H2,1H3/t8-/m0/s1. The summed E-state index contributed by atoms with van der Waals surface area (Å²) in [5, 5.41) is 2.85. The number of halogens is 3. The van der Waals surface area contributed by atoms with Crippen LogP contribution in [0, 0.1) is 0 Å². The molecule has 1 rings (SSSR count). The molecule has 6 heteroatoms. The number of nitrogens with zero attached hydrogens (tertiary/aromatic N) is 1. The summed E-state index contributed by atoms with van der Waals surface area (Å²) in [4.78, 5) is 12.8. The van der Waals surface area contributed by atoms with Crippen LogP contribution in [0.1, 0.15) is 19.3 Å². The van der Waals surface area contributed by atoms with Crippen LogP contribution in [0.2, 0.25) is 0 Å². The highest BCUT2D eigenvalue weighted by Crippen LogP contribution is 2.26. The van der Waals surface area contributed by atoms with Crippen molar-refractivity contribution in [2.75, 3.05) is 26.7 Å². The Morgan fingerprint density at radius 2 is 2.31 bits per heavy atom. The van der Waals surface area contributed by atoms with Crippen molar-refractivity contribution in [3.63, 3.8) is 0 Å². The minimum absolute atomic E-state index is 0.0175. The zero-order valence-electron chi connectivity index (χ0n) is 9.31. The number of rotatable bonds is 5. The average molecular weight is 299 g/mol. The van der Waals surface area contributed by atoms with Crippen LogP contribution < -0.4 is 5.32 Å². The van der Waals surface area contributed by atoms with Gasteiger partial charge >= 0.3 is 0 Å². The number of alkyl halides is 2. The van der Waals surface area contributed by atoms with Crippen LogP contribution in [0.15, 0.2) is 0 Å². The van der Waals surface area contributed by atoms with E-state index in [2.05, 4.69) is 21.2 Å². The Bertz CT molecular complexity index is 251. The molecule has 0 aromatic carbocycles. The zero-order valence-corrected chi connectivity index (χ0v) is 10.9. The molecule has 1 N–H and O–H groups in total. The van der Waals surface area contributed by atoms with Gasteiger partial charge in [0.1, 0.15) is 0 Å². The first kappa shape index (κ1) is 14.0. The molecule has 0 aliphatic carbocycles. The third-order valence-corrected chi connectivity index (χ3v) is 3.38. The van der Waals surface area contributed by atoms with E-state index in [9.17, 15) is 13.6 Å². The van der Waals surface area contributed by atoms with E-state index < -0.39 is 5.92 Å². The molecule has 1 aliphatic heterocycles. The number of carbonyl (C=O) groups excluding carboxylic acids is 1. The van der Waals surface area contributed by atoms with Gasteiger partial charge in [0.05, 0.1) is 12.6 Å². The normalized spacial score (nSPS) is 23.0. The van der Waals surface area contributed by atoms with Crippen LogP contribution in [0.4, 0.5) is 8.78 Å². The lowest BCUT2D eigenvalue weighted by Crippen LogP contribution is -2.44. The largest absolute Gasteiger partial charge is 0.310 e. The molecule has 16 heavy (non-hydrogen) atoms. The van der Waals surface area contributed by atoms with Crippen LogP contribution >= 0.6 is 15.9 Å². The van der Waals surface area contributed by atoms with E-state index in [1.54, 1.807) is 11.9 Å². The molecule has 3 nitrogen and oxygen atoms in total. The second-order valence-electron chi connectivity index (χ2n) is 4.17. The predicted molar refractivity (Wildman–Crippen MR) is 62.0 cm³/mol. The summed E-state index contributed by atoms with van der Waals surface area (Å²) in [6, 6.07) is -0.296. The van der Waals surface area contributed by atoms with Gasteiger partial charge in [0.15, 0.2) is 0 Å². The van der Waals surface area contributed by atoms with Crippen LogP contribution in [0.3, 0.4) is 0 Å². The van der Waals surface area contributed by atoms with Crippen molar-refractivity contribution in [1.82, 2.24) is 10.2 Å². The summed E-state index contributed by atoms with van der Waals surface area (Å²) in [6.07, 6.45) is 1.06. The fraction of sp³-hybridized carbons (Fsp3) is 0.900. The zero-order chi connectivity index (χ0) is 12.2. The topological polar surface area (TPSA) is 32.3 Å². The number of carbonyl (C=O) groups is 1. The maximum absolute atomic E-state index is 13.1. The second kappa shape index (κ2) is 6.02. The highest BCUT2D eigenvalue weighted by Gasteiger charge is 2.35. The highest BCUT2D eigenvalue weighted by molar-refractivity contribution is 9.18. The number of hydrogen-bond acceptors (Lipinski definition) is 3. The van der Waals surface area contributed by atoms with Crippen LogP contribution in [-0.4, -0.2) is 48.2 Å². The Balaban J connectivity index is 2.34. The predicted octanol–water partition coefficient (Wildman–Crippen LogP) is 1.62. The number of piperidine rings is 1. The SMILES string of the molecule is CN[C@@H](CCN1CCCC(F)(F)C1)C(=O)Br. The molecule has 1 fully saturated rings. The lowest BCUT2D eigenvalue weighted by Gasteiger charge is -2.32. The smallest absolute Gasteiger partial charge is 0.260 e. The molecule has 0 radical (unpaired) electrons. The fourth-order valence-corrected chi connectivity index (χ4v) is 2.38. The van der Waals surface area contributed by atoms with Gasteiger partial charge in [0.2, 0.25) is 4.69 Å². The van der Waals surface area contributed by atoms with E-state index in [-0.39, 0.29) is 23.7 Å². The van der Waals surface area contributed by atoms with Gasteiger partial charge in [-0.15, -0.1) is 0 Å². The first-order valence-corrected chi connectivity index (χ1v) is 6.21. The highest BCUT2D eigenvalue weighted by atomic mass is 79.9. The van der Waals surface area contributed by atoms with Gasteiger partial charge in [-0.2, -0.15) is 0 Å². The van der Waals surface area contributed by atoms with Gasteiger partial charge in [0.25, 0.3) is 5.92 Å². The molecular weight excluding hydrogens is 282 g/mol. The third-order valence-electron chi connectivity index (χ3n) is 2.83. The van der Waals surface area contributed by atoms with E-state index in [0.29, 0.717) is 25.9 Å². The summed E-state index contributed by atoms with van der Waals surface area (Å²) >= 11 is 2.88. The molecule has 0 amide bonds. The number of hydrogen-bond donors (Lipinski definition) is 1. The van der Waals surface area contributed by atoms with E-state index in [1.807, 2.05) is 0 Å². The van der Waals surface area contributed by atoms with Gasteiger partial charge in [-0.3, -0.25) is 9.69 Å². The number of likely N-dealkylation sites (tertiary alicyclic amines) is 1. The van der Waals surface area contributed by atoms with E-state index in [0.717, 1.165) is 0 Å². The minimum Gasteiger partial charge on any atom is -0.310 e. The van der Waals surface area contributed by atoms with Crippen LogP contribution in [0.25, 0.3) is 0 Å². The maximum Gasteiger partial charge on any atom is 0.260 e. The number of nitrogens with one attached hydrogen (secondary N) is 1. The second-order valence-corrected chi connectivity index (χ2v) is 4.95. The molecular formula is C10H17BrF2N2O. The molecule has 1 heterocycles. The van der Waals surface area contributed by atoms with Crippen molar-refractivity contribution in [1.29, 1.82) is 0 Å². The Hall–Kier alpha value is -0.0700. The van der Waals surface area contributed by atoms with Crippen LogP contribution in [-0.2, 0) is 4.79 Å². The van der Waals surface area contributed by atoms with Crippen molar-refractivity contribution >= 4 is 20.6 Å². The summed E-state index contributed by atoms with van der Waals surface area (Å²) in [5.41, 5.74) is 0. The lowest BCUT2D eigenvalue weighted by atomic mass is 10.1. The molecule has 1 saturated heterocycles. The molecule has 0 unspecified atom stereocenters. The van der Waals surface area contributed by atoms with Crippen molar-refractivity contribution in [2.24, 2.45) is 0 Å². The van der Waals surface area contributed by atoms with Crippen molar-refractivity contribution < 1.29 is 13.6 Å². The van der Waals surface area contributed by atoms with Crippen LogP contribution in [0.5, 0.6) is 0 Å². The molecule has 0 bridgehead atoms. The Labute approximate surface area is 103 Å². The van der Waals surface area contributed by atoms with Gasteiger partial charge in [-0.25, -0.2) is 8.78 Å². The first-order chi connectivity index (χ1) is 7.44. The van der Waals surface area contributed by atoms with Crippen molar-refractivity contribution in [2.45, 2.75) is 31.2 Å². The van der Waals surface area contributed by atoms with Gasteiger partial charge < -0.3 is 5.32 Å². The van der Waals surface area contributed by atoms with Gasteiger partial charge in [-0.1, -0.05) is 0 Å². The number of likely N-dealkylation sites (N-methyl/N-ethyl adjacent to an activating group) is 1. The molecule has 0 saturated carbocycles. The summed E-state index contributed by atoms with van der Waals surface area (Å²) in [7, 11) is 1.69. The first-order valence-electron chi connectivity index (χ1n) is 5.41. The summed E-state index contributed by atoms with van der Waals surface area (Å²) in [6.45, 7) is 1.04. The molecule has 1 atom stereocenters. The molecule has 0 aromatic heterocycles. The molecule has 0 spiro atoms. The quantitative estimate of drug-likeness (QED) is 0.783. The van der Waals surface area contributed by atoms with Crippen molar-refractivity contribution in [3.8, 4) is 0 Å². The van der Waals surface area contributed by atoms with E-state index >= 15 is 0 Å². The maximum atomic E-state index is 13.1. The Morgan fingerprint density at radius 3 is 2.81 bits per heavy atom. The Kier molecular flexibility index (Phi) is 5.27. The minimum atomic E-state index is -2.56.